The van der Waals surface area contributed by atoms with Gasteiger partial charge in [-0.25, -0.2) is 9.59 Å². The number of esters is 2. The molecule has 1 N–H and O–H groups in total. The molecule has 9 heteroatoms. The predicted molar refractivity (Wildman–Crippen MR) is 87.9 cm³/mol. The summed E-state index contributed by atoms with van der Waals surface area (Å²) in [5.41, 5.74) is 1.22. The molecule has 0 atom stereocenters. The minimum atomic E-state index is -0.919. The summed E-state index contributed by atoms with van der Waals surface area (Å²) < 4.78 is 9.22. The number of anilines is 1. The van der Waals surface area contributed by atoms with Crippen molar-refractivity contribution in [3.63, 3.8) is 0 Å². The minimum absolute atomic E-state index is 0.0104. The lowest BCUT2D eigenvalue weighted by atomic mass is 10.1. The molecular formula is C16H18N2O7. The number of nitrogens with zero attached hydrogens (tertiary/aromatic N) is 1. The topological polar surface area (TPSA) is 125 Å². The molecule has 0 aliphatic rings. The predicted octanol–water partition coefficient (Wildman–Crippen LogP) is 1.81. The monoisotopic (exact) mass is 350 g/mol. The van der Waals surface area contributed by atoms with Crippen LogP contribution in [-0.2, 0) is 23.9 Å². The van der Waals surface area contributed by atoms with Crippen molar-refractivity contribution in [2.24, 2.45) is 0 Å². The van der Waals surface area contributed by atoms with Gasteiger partial charge in [0.2, 0.25) is 0 Å². The molecule has 1 aromatic rings. The first-order valence-electron chi connectivity index (χ1n) is 7.31. The fourth-order valence-electron chi connectivity index (χ4n) is 1.75. The largest absolute Gasteiger partial charge is 0.463 e. The molecule has 1 amide bonds. The molecule has 0 aliphatic carbocycles. The zero-order valence-electron chi connectivity index (χ0n) is 14.0. The molecule has 0 spiro atoms. The van der Waals surface area contributed by atoms with Gasteiger partial charge >= 0.3 is 11.9 Å². The number of carbonyl (C=O) groups is 3. The Hall–Kier alpha value is -3.23. The minimum Gasteiger partial charge on any atom is -0.463 e. The molecule has 9 nitrogen and oxygen atoms in total. The third-order valence-corrected chi connectivity index (χ3v) is 3.07. The fourth-order valence-corrected chi connectivity index (χ4v) is 1.75. The van der Waals surface area contributed by atoms with Gasteiger partial charge in [0.15, 0.2) is 6.61 Å². The molecule has 1 aromatic carbocycles. The number of benzene rings is 1. The average Bonchev–Trinajstić information content (AvgIpc) is 2.54. The van der Waals surface area contributed by atoms with E-state index in [0.29, 0.717) is 5.56 Å². The van der Waals surface area contributed by atoms with E-state index in [-0.39, 0.29) is 18.0 Å². The fraction of sp³-hybridized carbons (Fsp3) is 0.312. The Bertz CT molecular complexity index is 725. The highest BCUT2D eigenvalue weighted by molar-refractivity contribution is 5.96. The highest BCUT2D eigenvalue weighted by atomic mass is 16.6. The number of aryl methyl sites for hydroxylation is 2. The lowest BCUT2D eigenvalue weighted by Gasteiger charge is -2.09. The second-order valence-electron chi connectivity index (χ2n) is 4.95. The lowest BCUT2D eigenvalue weighted by Crippen LogP contribution is -2.21. The number of carbonyl (C=O) groups excluding carboxylic acids is 3. The Morgan fingerprint density at radius 1 is 1.12 bits per heavy atom. The van der Waals surface area contributed by atoms with E-state index in [1.54, 1.807) is 20.8 Å². The van der Waals surface area contributed by atoms with Gasteiger partial charge in [-0.15, -0.1) is 0 Å². The summed E-state index contributed by atoms with van der Waals surface area (Å²) in [6.45, 7) is 4.58. The molecule has 0 saturated carbocycles. The summed E-state index contributed by atoms with van der Waals surface area (Å²) in [6.07, 6.45) is 1.70. The van der Waals surface area contributed by atoms with E-state index in [2.05, 4.69) is 14.8 Å². The molecule has 25 heavy (non-hydrogen) atoms. The average molecular weight is 350 g/mol. The number of nitrogens with one attached hydrogen (secondary N) is 1. The van der Waals surface area contributed by atoms with E-state index in [4.69, 9.17) is 0 Å². The number of amides is 1. The van der Waals surface area contributed by atoms with E-state index in [9.17, 15) is 24.5 Å². The van der Waals surface area contributed by atoms with Gasteiger partial charge in [-0.05, 0) is 38.0 Å². The maximum absolute atomic E-state index is 11.8. The van der Waals surface area contributed by atoms with E-state index < -0.39 is 29.4 Å². The van der Waals surface area contributed by atoms with Gasteiger partial charge in [0.25, 0.3) is 11.6 Å². The van der Waals surface area contributed by atoms with Crippen LogP contribution in [0.3, 0.4) is 0 Å². The van der Waals surface area contributed by atoms with E-state index in [1.165, 1.54) is 12.1 Å². The first-order chi connectivity index (χ1) is 11.7. The van der Waals surface area contributed by atoms with E-state index >= 15 is 0 Å². The molecule has 0 unspecified atom stereocenters. The Labute approximate surface area is 143 Å². The van der Waals surface area contributed by atoms with Crippen LogP contribution in [0.15, 0.2) is 24.3 Å². The zero-order valence-corrected chi connectivity index (χ0v) is 14.0. The molecule has 0 fully saturated rings. The van der Waals surface area contributed by atoms with Crippen molar-refractivity contribution in [3.8, 4) is 0 Å². The second-order valence-corrected chi connectivity index (χ2v) is 4.95. The molecule has 0 aliphatic heterocycles. The van der Waals surface area contributed by atoms with Crippen molar-refractivity contribution in [1.29, 1.82) is 0 Å². The van der Waals surface area contributed by atoms with Gasteiger partial charge in [-0.2, -0.15) is 0 Å². The highest BCUT2D eigenvalue weighted by Gasteiger charge is 2.18. The van der Waals surface area contributed by atoms with Crippen LogP contribution in [-0.4, -0.2) is 36.0 Å². The van der Waals surface area contributed by atoms with E-state index in [0.717, 1.165) is 17.7 Å². The van der Waals surface area contributed by atoms with Crippen LogP contribution < -0.4 is 5.32 Å². The van der Waals surface area contributed by atoms with Crippen LogP contribution in [0, 0.1) is 24.0 Å². The van der Waals surface area contributed by atoms with Crippen LogP contribution in [0.2, 0.25) is 0 Å². The Balaban J connectivity index is 2.66. The van der Waals surface area contributed by atoms with Crippen molar-refractivity contribution < 1.29 is 28.8 Å². The Kier molecular flexibility index (Phi) is 7.26. The third-order valence-electron chi connectivity index (χ3n) is 3.07. The SMILES string of the molecule is CCOC(=O)/C=C/C(=O)OCC(=O)Nc1cc(C)c(C)cc1[N+](=O)[O-]. The van der Waals surface area contributed by atoms with Crippen molar-refractivity contribution in [2.45, 2.75) is 20.8 Å². The van der Waals surface area contributed by atoms with Crippen LogP contribution >= 0.6 is 0 Å². The number of rotatable bonds is 7. The van der Waals surface area contributed by atoms with Crippen LogP contribution in [0.5, 0.6) is 0 Å². The quantitative estimate of drug-likeness (QED) is 0.344. The van der Waals surface area contributed by atoms with E-state index in [1.807, 2.05) is 0 Å². The summed E-state index contributed by atoms with van der Waals surface area (Å²) in [4.78, 5) is 44.6. The zero-order chi connectivity index (χ0) is 19.0. The second kappa shape index (κ2) is 9.16. The van der Waals surface area contributed by atoms with Crippen molar-refractivity contribution >= 4 is 29.2 Å². The van der Waals surface area contributed by atoms with Crippen molar-refractivity contribution in [1.82, 2.24) is 0 Å². The summed E-state index contributed by atoms with van der Waals surface area (Å²) in [7, 11) is 0. The number of nitro benzene ring substituents is 1. The molecule has 1 rings (SSSR count). The number of hydrogen-bond donors (Lipinski definition) is 1. The molecular weight excluding hydrogens is 332 g/mol. The van der Waals surface area contributed by atoms with Gasteiger partial charge in [-0.3, -0.25) is 14.9 Å². The van der Waals surface area contributed by atoms with Crippen molar-refractivity contribution in [2.75, 3.05) is 18.5 Å². The maximum Gasteiger partial charge on any atom is 0.331 e. The van der Waals surface area contributed by atoms with Gasteiger partial charge in [0.05, 0.1) is 11.5 Å². The van der Waals surface area contributed by atoms with Crippen LogP contribution in [0.25, 0.3) is 0 Å². The summed E-state index contributed by atoms with van der Waals surface area (Å²) >= 11 is 0. The first-order valence-corrected chi connectivity index (χ1v) is 7.31. The number of ether oxygens (including phenoxy) is 2. The number of nitro groups is 1. The lowest BCUT2D eigenvalue weighted by molar-refractivity contribution is -0.384. The Morgan fingerprint density at radius 3 is 2.24 bits per heavy atom. The van der Waals surface area contributed by atoms with Gasteiger partial charge in [0, 0.05) is 18.2 Å². The molecule has 0 heterocycles. The highest BCUT2D eigenvalue weighted by Crippen LogP contribution is 2.27. The van der Waals surface area contributed by atoms with Gasteiger partial charge in [0.1, 0.15) is 5.69 Å². The van der Waals surface area contributed by atoms with Gasteiger partial charge in [-0.1, -0.05) is 0 Å². The Morgan fingerprint density at radius 2 is 1.68 bits per heavy atom. The maximum atomic E-state index is 11.8. The third kappa shape index (κ3) is 6.42. The summed E-state index contributed by atoms with van der Waals surface area (Å²) in [5, 5.41) is 13.4. The molecule has 134 valence electrons. The van der Waals surface area contributed by atoms with Crippen molar-refractivity contribution in [3.05, 3.63) is 45.5 Å². The standard InChI is InChI=1S/C16H18N2O7/c1-4-24-15(20)5-6-16(21)25-9-14(19)17-12-7-10(2)11(3)8-13(12)18(22)23/h5-8H,4,9H2,1-3H3,(H,17,19)/b6-5+. The molecule has 0 saturated heterocycles. The first kappa shape index (κ1) is 19.8. The molecule has 0 aromatic heterocycles. The smallest absolute Gasteiger partial charge is 0.331 e. The molecule has 0 radical (unpaired) electrons. The molecule has 0 bridgehead atoms. The van der Waals surface area contributed by atoms with Crippen LogP contribution in [0.4, 0.5) is 11.4 Å². The van der Waals surface area contributed by atoms with Crippen LogP contribution in [0.1, 0.15) is 18.1 Å². The summed E-state index contributed by atoms with van der Waals surface area (Å²) in [6, 6.07) is 2.81. The van der Waals surface area contributed by atoms with Gasteiger partial charge < -0.3 is 14.8 Å². The number of hydrogen-bond acceptors (Lipinski definition) is 7. The summed E-state index contributed by atoms with van der Waals surface area (Å²) in [5.74, 6) is -2.38. The normalized spacial score (nSPS) is 10.4.